The van der Waals surface area contributed by atoms with E-state index in [9.17, 15) is 4.79 Å². The summed E-state index contributed by atoms with van der Waals surface area (Å²) in [6, 6.07) is 31.4. The summed E-state index contributed by atoms with van der Waals surface area (Å²) in [5.41, 5.74) is 2.15. The Labute approximate surface area is 184 Å². The van der Waals surface area contributed by atoms with E-state index >= 15 is 0 Å². The molecule has 0 radical (unpaired) electrons. The molecule has 0 spiro atoms. The lowest BCUT2D eigenvalue weighted by Gasteiger charge is -2.15. The quantitative estimate of drug-likeness (QED) is 0.289. The summed E-state index contributed by atoms with van der Waals surface area (Å²) < 4.78 is 14.2. The first-order valence-corrected chi connectivity index (χ1v) is 10.9. The van der Waals surface area contributed by atoms with Gasteiger partial charge in [0.2, 0.25) is 0 Å². The Morgan fingerprint density at radius 1 is 0.613 bits per heavy atom. The molecule has 4 heteroatoms. The SMILES string of the molecule is O=c1c2ccccc2sc2c(OCc3ccccc3)c(OCc3ccccc3)ccc12. The Kier molecular flexibility index (Phi) is 5.38. The van der Waals surface area contributed by atoms with E-state index in [1.54, 1.807) is 11.3 Å². The zero-order valence-electron chi connectivity index (χ0n) is 16.8. The van der Waals surface area contributed by atoms with Gasteiger partial charge in [0, 0.05) is 15.5 Å². The molecule has 0 saturated heterocycles. The maximum absolute atomic E-state index is 13.1. The molecule has 0 aliphatic rings. The molecule has 0 unspecified atom stereocenters. The van der Waals surface area contributed by atoms with Crippen LogP contribution in [-0.4, -0.2) is 0 Å². The number of rotatable bonds is 6. The molecular formula is C27H20O3S. The van der Waals surface area contributed by atoms with E-state index in [0.29, 0.717) is 30.1 Å². The minimum Gasteiger partial charge on any atom is -0.485 e. The molecule has 31 heavy (non-hydrogen) atoms. The largest absolute Gasteiger partial charge is 0.485 e. The molecule has 5 aromatic rings. The molecule has 0 bridgehead atoms. The van der Waals surface area contributed by atoms with Gasteiger partial charge in [-0.25, -0.2) is 0 Å². The summed E-state index contributed by atoms with van der Waals surface area (Å²) >= 11 is 1.56. The monoisotopic (exact) mass is 424 g/mol. The van der Waals surface area contributed by atoms with Gasteiger partial charge in [0.1, 0.15) is 13.2 Å². The third-order valence-electron chi connectivity index (χ3n) is 5.13. The zero-order valence-corrected chi connectivity index (χ0v) is 17.6. The van der Waals surface area contributed by atoms with Crippen molar-refractivity contribution < 1.29 is 9.47 Å². The normalized spacial score (nSPS) is 11.0. The molecule has 0 saturated carbocycles. The summed E-state index contributed by atoms with van der Waals surface area (Å²) in [7, 11) is 0. The van der Waals surface area contributed by atoms with Gasteiger partial charge in [-0.05, 0) is 35.4 Å². The molecule has 3 nitrogen and oxygen atoms in total. The fourth-order valence-electron chi connectivity index (χ4n) is 3.54. The van der Waals surface area contributed by atoms with Gasteiger partial charge in [0.15, 0.2) is 16.9 Å². The van der Waals surface area contributed by atoms with Crippen molar-refractivity contribution in [3.63, 3.8) is 0 Å². The highest BCUT2D eigenvalue weighted by Crippen LogP contribution is 2.40. The summed E-state index contributed by atoms with van der Waals surface area (Å²) in [6.07, 6.45) is 0. The van der Waals surface area contributed by atoms with Crippen LogP contribution in [0.1, 0.15) is 11.1 Å². The van der Waals surface area contributed by atoms with Crippen molar-refractivity contribution in [2.75, 3.05) is 0 Å². The highest BCUT2D eigenvalue weighted by Gasteiger charge is 2.16. The fraction of sp³-hybridized carbons (Fsp3) is 0.0741. The van der Waals surface area contributed by atoms with Crippen molar-refractivity contribution in [1.29, 1.82) is 0 Å². The van der Waals surface area contributed by atoms with Gasteiger partial charge < -0.3 is 9.47 Å². The predicted octanol–water partition coefficient (Wildman–Crippen LogP) is 6.57. The maximum atomic E-state index is 13.1. The standard InChI is InChI=1S/C27H20O3S/c28-25-21-13-7-8-14-24(21)31-27-22(25)15-16-23(29-17-19-9-3-1-4-10-19)26(27)30-18-20-11-5-2-6-12-20/h1-16H,17-18H2. The van der Waals surface area contributed by atoms with Crippen LogP contribution in [0.2, 0.25) is 0 Å². The molecule has 0 aliphatic heterocycles. The molecule has 1 aromatic heterocycles. The molecule has 0 fully saturated rings. The highest BCUT2D eigenvalue weighted by atomic mass is 32.1. The Balaban J connectivity index is 1.60. The van der Waals surface area contributed by atoms with Crippen LogP contribution in [0.3, 0.4) is 0 Å². The van der Waals surface area contributed by atoms with Crippen molar-refractivity contribution in [2.45, 2.75) is 13.2 Å². The maximum Gasteiger partial charge on any atom is 0.196 e. The highest BCUT2D eigenvalue weighted by molar-refractivity contribution is 7.24. The van der Waals surface area contributed by atoms with Gasteiger partial charge in [-0.15, -0.1) is 11.3 Å². The first-order valence-electron chi connectivity index (χ1n) is 10.1. The zero-order chi connectivity index (χ0) is 21.0. The van der Waals surface area contributed by atoms with Crippen LogP contribution in [0.15, 0.2) is 102 Å². The molecule has 0 amide bonds. The van der Waals surface area contributed by atoms with E-state index in [4.69, 9.17) is 9.47 Å². The summed E-state index contributed by atoms with van der Waals surface area (Å²) in [4.78, 5) is 13.1. The second-order valence-corrected chi connectivity index (χ2v) is 8.30. The second kappa shape index (κ2) is 8.62. The summed E-state index contributed by atoms with van der Waals surface area (Å²) in [5.74, 6) is 1.25. The van der Waals surface area contributed by atoms with E-state index in [-0.39, 0.29) is 5.43 Å². The van der Waals surface area contributed by atoms with Crippen molar-refractivity contribution in [1.82, 2.24) is 0 Å². The molecule has 1 heterocycles. The Bertz CT molecular complexity index is 1390. The minimum atomic E-state index is 0.0171. The predicted molar refractivity (Wildman–Crippen MR) is 127 cm³/mol. The lowest BCUT2D eigenvalue weighted by atomic mass is 10.1. The van der Waals surface area contributed by atoms with E-state index in [0.717, 1.165) is 25.9 Å². The number of hydrogen-bond donors (Lipinski definition) is 0. The van der Waals surface area contributed by atoms with Crippen molar-refractivity contribution in [3.05, 3.63) is 118 Å². The number of hydrogen-bond acceptors (Lipinski definition) is 4. The van der Waals surface area contributed by atoms with E-state index < -0.39 is 0 Å². The Morgan fingerprint density at radius 3 is 1.94 bits per heavy atom. The Hall–Kier alpha value is -3.63. The average molecular weight is 425 g/mol. The number of ether oxygens (including phenoxy) is 2. The topological polar surface area (TPSA) is 35.5 Å². The van der Waals surface area contributed by atoms with Gasteiger partial charge in [0.25, 0.3) is 0 Å². The number of benzene rings is 4. The fourth-order valence-corrected chi connectivity index (χ4v) is 4.70. The van der Waals surface area contributed by atoms with E-state index in [1.165, 1.54) is 0 Å². The van der Waals surface area contributed by atoms with E-state index in [2.05, 4.69) is 0 Å². The molecule has 0 atom stereocenters. The van der Waals surface area contributed by atoms with Crippen LogP contribution < -0.4 is 14.9 Å². The summed E-state index contributed by atoms with van der Waals surface area (Å²) in [6.45, 7) is 0.825. The molecular weight excluding hydrogens is 404 g/mol. The third-order valence-corrected chi connectivity index (χ3v) is 6.31. The van der Waals surface area contributed by atoms with Crippen molar-refractivity contribution in [3.8, 4) is 11.5 Å². The second-order valence-electron chi connectivity index (χ2n) is 7.25. The molecule has 152 valence electrons. The van der Waals surface area contributed by atoms with Crippen molar-refractivity contribution in [2.24, 2.45) is 0 Å². The van der Waals surface area contributed by atoms with Crippen LogP contribution >= 0.6 is 11.3 Å². The number of fused-ring (bicyclic) bond motifs is 2. The van der Waals surface area contributed by atoms with Crippen LogP contribution in [-0.2, 0) is 13.2 Å². The molecule has 0 N–H and O–H groups in total. The minimum absolute atomic E-state index is 0.0171. The lowest BCUT2D eigenvalue weighted by molar-refractivity contribution is 0.259. The summed E-state index contributed by atoms with van der Waals surface area (Å²) in [5, 5.41) is 1.38. The van der Waals surface area contributed by atoms with Gasteiger partial charge >= 0.3 is 0 Å². The van der Waals surface area contributed by atoms with Gasteiger partial charge in [-0.2, -0.15) is 0 Å². The van der Waals surface area contributed by atoms with Crippen molar-refractivity contribution >= 4 is 31.5 Å². The van der Waals surface area contributed by atoms with Crippen LogP contribution in [0, 0.1) is 0 Å². The van der Waals surface area contributed by atoms with Crippen LogP contribution in [0.5, 0.6) is 11.5 Å². The first kappa shape index (κ1) is 19.3. The smallest absolute Gasteiger partial charge is 0.196 e. The van der Waals surface area contributed by atoms with Crippen LogP contribution in [0.25, 0.3) is 20.2 Å². The molecule has 0 aliphatic carbocycles. The van der Waals surface area contributed by atoms with Crippen LogP contribution in [0.4, 0.5) is 0 Å². The van der Waals surface area contributed by atoms with Gasteiger partial charge in [-0.3, -0.25) is 4.79 Å². The van der Waals surface area contributed by atoms with Gasteiger partial charge in [0.05, 0.1) is 4.70 Å². The van der Waals surface area contributed by atoms with E-state index in [1.807, 2.05) is 97.1 Å². The Morgan fingerprint density at radius 2 is 1.23 bits per heavy atom. The lowest BCUT2D eigenvalue weighted by Crippen LogP contribution is -2.05. The molecule has 5 rings (SSSR count). The van der Waals surface area contributed by atoms with Gasteiger partial charge in [-0.1, -0.05) is 72.8 Å². The third kappa shape index (κ3) is 4.03. The first-order chi connectivity index (χ1) is 15.3. The molecule has 4 aromatic carbocycles. The average Bonchev–Trinajstić information content (AvgIpc) is 2.83.